The summed E-state index contributed by atoms with van der Waals surface area (Å²) in [6.45, 7) is 1.53. The molecule has 2 heteroatoms. The third-order valence-corrected chi connectivity index (χ3v) is 2.72. The third kappa shape index (κ3) is 3.17. The first-order chi connectivity index (χ1) is 9.20. The molecule has 92 valence electrons. The van der Waals surface area contributed by atoms with Gasteiger partial charge < -0.3 is 0 Å². The predicted octanol–water partition coefficient (Wildman–Crippen LogP) is 3.10. The number of hydrogen-bond acceptors (Lipinski definition) is 2. The van der Waals surface area contributed by atoms with Gasteiger partial charge in [0.15, 0.2) is 12.1 Å². The first-order valence-corrected chi connectivity index (χ1v) is 5.88. The minimum atomic E-state index is 0.0332. The van der Waals surface area contributed by atoms with E-state index in [-0.39, 0.29) is 5.78 Å². The van der Waals surface area contributed by atoms with E-state index in [2.05, 4.69) is 11.8 Å². The SMILES string of the molecule is CC(=O)c1ccc(C#Cc2ccccc2C=O)cc1. The molecule has 0 atom stereocenters. The van der Waals surface area contributed by atoms with Crippen LogP contribution in [0.15, 0.2) is 48.5 Å². The summed E-state index contributed by atoms with van der Waals surface area (Å²) in [5.41, 5.74) is 2.76. The van der Waals surface area contributed by atoms with E-state index in [1.54, 1.807) is 42.5 Å². The van der Waals surface area contributed by atoms with Gasteiger partial charge in [0, 0.05) is 22.3 Å². The van der Waals surface area contributed by atoms with E-state index in [0.29, 0.717) is 16.7 Å². The minimum absolute atomic E-state index is 0.0332. The van der Waals surface area contributed by atoms with Crippen molar-refractivity contribution < 1.29 is 9.59 Å². The van der Waals surface area contributed by atoms with Crippen molar-refractivity contribution in [3.8, 4) is 11.8 Å². The van der Waals surface area contributed by atoms with Crippen LogP contribution in [-0.4, -0.2) is 12.1 Å². The van der Waals surface area contributed by atoms with Gasteiger partial charge in [0.2, 0.25) is 0 Å². The van der Waals surface area contributed by atoms with E-state index in [1.165, 1.54) is 6.92 Å². The number of rotatable bonds is 2. The Morgan fingerprint density at radius 3 is 2.32 bits per heavy atom. The van der Waals surface area contributed by atoms with Crippen molar-refractivity contribution in [3.05, 3.63) is 70.8 Å². The smallest absolute Gasteiger partial charge is 0.159 e. The highest BCUT2D eigenvalue weighted by atomic mass is 16.1. The van der Waals surface area contributed by atoms with Gasteiger partial charge in [0.1, 0.15) is 0 Å². The number of hydrogen-bond donors (Lipinski definition) is 0. The highest BCUT2D eigenvalue weighted by Crippen LogP contribution is 2.06. The van der Waals surface area contributed by atoms with Gasteiger partial charge in [-0.3, -0.25) is 9.59 Å². The molecule has 0 radical (unpaired) electrons. The predicted molar refractivity (Wildman–Crippen MR) is 74.3 cm³/mol. The lowest BCUT2D eigenvalue weighted by molar-refractivity contribution is 0.101. The second-order valence-corrected chi connectivity index (χ2v) is 4.09. The largest absolute Gasteiger partial charge is 0.298 e. The van der Waals surface area contributed by atoms with Crippen LogP contribution in [0.4, 0.5) is 0 Å². The average molecular weight is 248 g/mol. The van der Waals surface area contributed by atoms with E-state index < -0.39 is 0 Å². The summed E-state index contributed by atoms with van der Waals surface area (Å²) in [5, 5.41) is 0. The Labute approximate surface area is 112 Å². The maximum atomic E-state index is 11.1. The van der Waals surface area contributed by atoms with Gasteiger partial charge in [0.05, 0.1) is 0 Å². The Morgan fingerprint density at radius 1 is 1.00 bits per heavy atom. The number of carbonyl (C=O) groups is 2. The first-order valence-electron chi connectivity index (χ1n) is 5.88. The molecule has 0 unspecified atom stereocenters. The molecule has 0 spiro atoms. The lowest BCUT2D eigenvalue weighted by Crippen LogP contribution is -1.90. The molecule has 0 saturated carbocycles. The molecule has 19 heavy (non-hydrogen) atoms. The van der Waals surface area contributed by atoms with E-state index in [0.717, 1.165) is 11.8 Å². The van der Waals surface area contributed by atoms with Crippen LogP contribution in [0.3, 0.4) is 0 Å². The fourth-order valence-electron chi connectivity index (χ4n) is 1.64. The van der Waals surface area contributed by atoms with Gasteiger partial charge in [-0.05, 0) is 25.1 Å². The molecule has 0 aromatic heterocycles. The molecule has 0 aliphatic carbocycles. The Balaban J connectivity index is 2.29. The highest BCUT2D eigenvalue weighted by molar-refractivity contribution is 5.94. The molecule has 0 aliphatic rings. The number of Topliss-reactive ketones (excluding diaryl/α,β-unsaturated/α-hetero) is 1. The Bertz CT molecular complexity index is 670. The minimum Gasteiger partial charge on any atom is -0.298 e. The summed E-state index contributed by atoms with van der Waals surface area (Å²) < 4.78 is 0. The molecule has 0 N–H and O–H groups in total. The van der Waals surface area contributed by atoms with Crippen molar-refractivity contribution in [2.75, 3.05) is 0 Å². The molecule has 0 saturated heterocycles. The summed E-state index contributed by atoms with van der Waals surface area (Å²) >= 11 is 0. The molecule has 0 fully saturated rings. The van der Waals surface area contributed by atoms with Gasteiger partial charge >= 0.3 is 0 Å². The summed E-state index contributed by atoms with van der Waals surface area (Å²) in [4.78, 5) is 22.0. The topological polar surface area (TPSA) is 34.1 Å². The molecule has 0 aliphatic heterocycles. The first kappa shape index (κ1) is 12.8. The second-order valence-electron chi connectivity index (χ2n) is 4.09. The van der Waals surface area contributed by atoms with Crippen molar-refractivity contribution in [2.45, 2.75) is 6.92 Å². The molecule has 0 bridgehead atoms. The molecule has 2 nitrogen and oxygen atoms in total. The van der Waals surface area contributed by atoms with Crippen LogP contribution in [0.1, 0.15) is 38.8 Å². The molecule has 2 rings (SSSR count). The van der Waals surface area contributed by atoms with E-state index in [9.17, 15) is 9.59 Å². The number of aldehydes is 1. The fraction of sp³-hybridized carbons (Fsp3) is 0.0588. The molecular weight excluding hydrogens is 236 g/mol. The zero-order valence-electron chi connectivity index (χ0n) is 10.5. The van der Waals surface area contributed by atoms with Gasteiger partial charge in [-0.15, -0.1) is 0 Å². The second kappa shape index (κ2) is 5.79. The van der Waals surface area contributed by atoms with Crippen LogP contribution >= 0.6 is 0 Å². The van der Waals surface area contributed by atoms with Crippen molar-refractivity contribution >= 4 is 12.1 Å². The number of benzene rings is 2. The molecule has 2 aromatic carbocycles. The van der Waals surface area contributed by atoms with Gasteiger partial charge in [-0.2, -0.15) is 0 Å². The van der Waals surface area contributed by atoms with E-state index in [4.69, 9.17) is 0 Å². The van der Waals surface area contributed by atoms with Crippen LogP contribution in [0, 0.1) is 11.8 Å². The summed E-state index contributed by atoms with van der Waals surface area (Å²) in [7, 11) is 0. The average Bonchev–Trinajstić information content (AvgIpc) is 2.45. The molecular formula is C17H12O2. The number of carbonyl (C=O) groups excluding carboxylic acids is 2. The van der Waals surface area contributed by atoms with Gasteiger partial charge in [0.25, 0.3) is 0 Å². The van der Waals surface area contributed by atoms with Crippen LogP contribution in [0.25, 0.3) is 0 Å². The van der Waals surface area contributed by atoms with Crippen molar-refractivity contribution in [2.24, 2.45) is 0 Å². The highest BCUT2D eigenvalue weighted by Gasteiger charge is 1.98. The molecule has 0 amide bonds. The van der Waals surface area contributed by atoms with Crippen LogP contribution in [0.5, 0.6) is 0 Å². The van der Waals surface area contributed by atoms with Crippen LogP contribution in [-0.2, 0) is 0 Å². The molecule has 0 heterocycles. The van der Waals surface area contributed by atoms with Crippen molar-refractivity contribution in [1.82, 2.24) is 0 Å². The normalized spacial score (nSPS) is 9.32. The van der Waals surface area contributed by atoms with Gasteiger partial charge in [-0.1, -0.05) is 42.2 Å². The number of ketones is 1. The van der Waals surface area contributed by atoms with Crippen LogP contribution < -0.4 is 0 Å². The Kier molecular flexibility index (Phi) is 3.90. The summed E-state index contributed by atoms with van der Waals surface area (Å²) in [5.74, 6) is 5.98. The maximum absolute atomic E-state index is 11.1. The Morgan fingerprint density at radius 2 is 1.68 bits per heavy atom. The zero-order chi connectivity index (χ0) is 13.7. The van der Waals surface area contributed by atoms with Crippen LogP contribution in [0.2, 0.25) is 0 Å². The quantitative estimate of drug-likeness (QED) is 0.465. The van der Waals surface area contributed by atoms with Crippen molar-refractivity contribution in [1.29, 1.82) is 0 Å². The summed E-state index contributed by atoms with van der Waals surface area (Å²) in [6, 6.07) is 14.3. The lowest BCUT2D eigenvalue weighted by atomic mass is 10.1. The van der Waals surface area contributed by atoms with Gasteiger partial charge in [-0.25, -0.2) is 0 Å². The zero-order valence-corrected chi connectivity index (χ0v) is 10.5. The fourth-order valence-corrected chi connectivity index (χ4v) is 1.64. The lowest BCUT2D eigenvalue weighted by Gasteiger charge is -1.96. The standard InChI is InChI=1S/C17H12O2/c1-13(19)15-9-6-14(7-10-15)8-11-16-4-2-3-5-17(16)12-18/h2-7,9-10,12H,1H3. The van der Waals surface area contributed by atoms with E-state index >= 15 is 0 Å². The molecule has 2 aromatic rings. The maximum Gasteiger partial charge on any atom is 0.159 e. The Hall–Kier alpha value is -2.66. The third-order valence-electron chi connectivity index (χ3n) is 2.72. The van der Waals surface area contributed by atoms with E-state index in [1.807, 2.05) is 6.07 Å². The summed E-state index contributed by atoms with van der Waals surface area (Å²) in [6.07, 6.45) is 0.795. The monoisotopic (exact) mass is 248 g/mol. The van der Waals surface area contributed by atoms with Crippen molar-refractivity contribution in [3.63, 3.8) is 0 Å².